The summed E-state index contributed by atoms with van der Waals surface area (Å²) in [6, 6.07) is 21.8. The number of hydrogen-bond donors (Lipinski definition) is 1. The summed E-state index contributed by atoms with van der Waals surface area (Å²) in [6.07, 6.45) is 0.700. The van der Waals surface area contributed by atoms with Gasteiger partial charge in [-0.25, -0.2) is 8.42 Å². The van der Waals surface area contributed by atoms with Crippen molar-refractivity contribution in [1.29, 1.82) is 0 Å². The first-order valence-corrected chi connectivity index (χ1v) is 12.0. The van der Waals surface area contributed by atoms with Crippen LogP contribution in [-0.4, -0.2) is 27.5 Å². The van der Waals surface area contributed by atoms with E-state index in [1.807, 2.05) is 61.5 Å². The van der Waals surface area contributed by atoms with Gasteiger partial charge >= 0.3 is 0 Å². The second-order valence-corrected chi connectivity index (χ2v) is 9.73. The van der Waals surface area contributed by atoms with Crippen molar-refractivity contribution in [3.8, 4) is 5.75 Å². The van der Waals surface area contributed by atoms with Crippen molar-refractivity contribution in [3.05, 3.63) is 89.5 Å². The molecule has 3 aromatic rings. The predicted molar refractivity (Wildman–Crippen MR) is 124 cm³/mol. The zero-order chi connectivity index (χ0) is 22.7. The summed E-state index contributed by atoms with van der Waals surface area (Å²) in [6.45, 7) is 3.97. The quantitative estimate of drug-likeness (QED) is 0.590. The molecule has 1 amide bonds. The minimum absolute atomic E-state index is 0.135. The van der Waals surface area contributed by atoms with Crippen LogP contribution in [0.4, 0.5) is 5.69 Å². The highest BCUT2D eigenvalue weighted by molar-refractivity contribution is 7.92. The van der Waals surface area contributed by atoms with Gasteiger partial charge < -0.3 is 10.1 Å². The SMILES string of the molecule is Cc1cc(S(=O)(=O)N2CCc3ccccc32)ccc1OCC(=O)N[C@H](C)c1ccccc1. The minimum atomic E-state index is -3.67. The topological polar surface area (TPSA) is 75.7 Å². The summed E-state index contributed by atoms with van der Waals surface area (Å²) >= 11 is 0. The summed E-state index contributed by atoms with van der Waals surface area (Å²) in [4.78, 5) is 12.5. The van der Waals surface area contributed by atoms with Gasteiger partial charge in [0.25, 0.3) is 15.9 Å². The van der Waals surface area contributed by atoms with Gasteiger partial charge in [-0.15, -0.1) is 0 Å². The van der Waals surface area contributed by atoms with Gasteiger partial charge in [-0.1, -0.05) is 48.5 Å². The molecule has 0 saturated heterocycles. The molecule has 0 aromatic heterocycles. The molecule has 166 valence electrons. The number of fused-ring (bicyclic) bond motifs is 1. The molecule has 0 fully saturated rings. The number of benzene rings is 3. The van der Waals surface area contributed by atoms with Crippen LogP contribution in [0.2, 0.25) is 0 Å². The van der Waals surface area contributed by atoms with Crippen molar-refractivity contribution in [2.75, 3.05) is 17.5 Å². The monoisotopic (exact) mass is 450 g/mol. The van der Waals surface area contributed by atoms with E-state index in [0.29, 0.717) is 24.3 Å². The standard InChI is InChI=1S/C25H26N2O4S/c1-18-16-22(32(29,30)27-15-14-21-10-6-7-11-23(21)27)12-13-24(18)31-17-25(28)26-19(2)20-8-4-3-5-9-20/h3-13,16,19H,14-15,17H2,1-2H3,(H,26,28)/t19-/m1/s1. The Morgan fingerprint density at radius 2 is 1.78 bits per heavy atom. The van der Waals surface area contributed by atoms with E-state index in [2.05, 4.69) is 5.32 Å². The summed E-state index contributed by atoms with van der Waals surface area (Å²) in [7, 11) is -3.67. The Morgan fingerprint density at radius 3 is 2.53 bits per heavy atom. The van der Waals surface area contributed by atoms with Crippen molar-refractivity contribution in [2.45, 2.75) is 31.2 Å². The zero-order valence-electron chi connectivity index (χ0n) is 18.1. The highest BCUT2D eigenvalue weighted by Crippen LogP contribution is 2.33. The van der Waals surface area contributed by atoms with Crippen LogP contribution in [0.25, 0.3) is 0 Å². The Kier molecular flexibility index (Phi) is 6.19. The predicted octanol–water partition coefficient (Wildman–Crippen LogP) is 4.00. The number of hydrogen-bond acceptors (Lipinski definition) is 4. The van der Waals surface area contributed by atoms with E-state index in [9.17, 15) is 13.2 Å². The van der Waals surface area contributed by atoms with Crippen molar-refractivity contribution < 1.29 is 17.9 Å². The van der Waals surface area contributed by atoms with Crippen LogP contribution < -0.4 is 14.4 Å². The number of sulfonamides is 1. The van der Waals surface area contributed by atoms with Gasteiger partial charge in [0, 0.05) is 6.54 Å². The van der Waals surface area contributed by atoms with Crippen LogP contribution in [0.1, 0.15) is 29.7 Å². The van der Waals surface area contributed by atoms with Gasteiger partial charge in [-0.05, 0) is 61.2 Å². The molecule has 1 N–H and O–H groups in total. The molecule has 1 aliphatic heterocycles. The third-order valence-corrected chi connectivity index (χ3v) is 7.42. The maximum atomic E-state index is 13.2. The Hall–Kier alpha value is -3.32. The number of ether oxygens (including phenoxy) is 1. The molecule has 6 nitrogen and oxygen atoms in total. The fourth-order valence-corrected chi connectivity index (χ4v) is 5.47. The smallest absolute Gasteiger partial charge is 0.264 e. The Morgan fingerprint density at radius 1 is 1.06 bits per heavy atom. The molecule has 0 radical (unpaired) electrons. The Labute approximate surface area is 188 Å². The lowest BCUT2D eigenvalue weighted by Crippen LogP contribution is -2.31. The molecule has 0 bridgehead atoms. The maximum Gasteiger partial charge on any atom is 0.264 e. The van der Waals surface area contributed by atoms with Crippen LogP contribution in [-0.2, 0) is 21.2 Å². The van der Waals surface area contributed by atoms with Crippen molar-refractivity contribution in [1.82, 2.24) is 5.32 Å². The molecule has 1 aliphatic rings. The average molecular weight is 451 g/mol. The number of carbonyl (C=O) groups is 1. The lowest BCUT2D eigenvalue weighted by molar-refractivity contribution is -0.123. The fraction of sp³-hybridized carbons (Fsp3) is 0.240. The molecule has 3 aromatic carbocycles. The van der Waals surface area contributed by atoms with Crippen LogP contribution in [0.5, 0.6) is 5.75 Å². The van der Waals surface area contributed by atoms with Crippen LogP contribution in [0.3, 0.4) is 0 Å². The third kappa shape index (κ3) is 4.48. The first-order chi connectivity index (χ1) is 15.4. The van der Waals surface area contributed by atoms with Crippen molar-refractivity contribution >= 4 is 21.6 Å². The van der Waals surface area contributed by atoms with E-state index in [0.717, 1.165) is 16.8 Å². The maximum absolute atomic E-state index is 13.2. The van der Waals surface area contributed by atoms with E-state index in [-0.39, 0.29) is 23.5 Å². The van der Waals surface area contributed by atoms with Crippen molar-refractivity contribution in [3.63, 3.8) is 0 Å². The second kappa shape index (κ2) is 9.04. The highest BCUT2D eigenvalue weighted by atomic mass is 32.2. The van der Waals surface area contributed by atoms with Gasteiger partial charge in [-0.2, -0.15) is 0 Å². The largest absolute Gasteiger partial charge is 0.484 e. The molecule has 0 unspecified atom stereocenters. The summed E-state index contributed by atoms with van der Waals surface area (Å²) in [5.41, 5.74) is 3.43. The number of anilines is 1. The van der Waals surface area contributed by atoms with Gasteiger partial charge in [0.05, 0.1) is 16.6 Å². The first kappa shape index (κ1) is 21.9. The van der Waals surface area contributed by atoms with Crippen molar-refractivity contribution in [2.24, 2.45) is 0 Å². The molecule has 4 rings (SSSR count). The summed E-state index contributed by atoms with van der Waals surface area (Å²) in [5.74, 6) is 0.236. The number of amides is 1. The summed E-state index contributed by atoms with van der Waals surface area (Å²) < 4.78 is 33.5. The van der Waals surface area contributed by atoms with E-state index in [1.54, 1.807) is 19.1 Å². The third-order valence-electron chi connectivity index (χ3n) is 5.61. The van der Waals surface area contributed by atoms with Crippen LogP contribution >= 0.6 is 0 Å². The minimum Gasteiger partial charge on any atom is -0.484 e. The van der Waals surface area contributed by atoms with Gasteiger partial charge in [0.2, 0.25) is 0 Å². The Bertz CT molecular complexity index is 1230. The van der Waals surface area contributed by atoms with E-state index < -0.39 is 10.0 Å². The zero-order valence-corrected chi connectivity index (χ0v) is 18.9. The normalized spacial score (nSPS) is 14.0. The van der Waals surface area contributed by atoms with Crippen LogP contribution in [0, 0.1) is 6.92 Å². The highest BCUT2D eigenvalue weighted by Gasteiger charge is 2.30. The molecule has 1 atom stereocenters. The number of nitrogens with one attached hydrogen (secondary N) is 1. The number of nitrogens with zero attached hydrogens (tertiary/aromatic N) is 1. The molecule has 0 spiro atoms. The molecule has 0 aliphatic carbocycles. The molecule has 32 heavy (non-hydrogen) atoms. The van der Waals surface area contributed by atoms with Gasteiger partial charge in [0.15, 0.2) is 6.61 Å². The van der Waals surface area contributed by atoms with E-state index >= 15 is 0 Å². The van der Waals surface area contributed by atoms with Crippen LogP contribution in [0.15, 0.2) is 77.7 Å². The molecule has 0 saturated carbocycles. The van der Waals surface area contributed by atoms with Gasteiger partial charge in [0.1, 0.15) is 5.75 Å². The lowest BCUT2D eigenvalue weighted by atomic mass is 10.1. The molecule has 7 heteroatoms. The second-order valence-electron chi connectivity index (χ2n) is 7.87. The Balaban J connectivity index is 1.42. The average Bonchev–Trinajstić information content (AvgIpc) is 3.24. The first-order valence-electron chi connectivity index (χ1n) is 10.5. The number of rotatable bonds is 7. The number of aryl methyl sites for hydroxylation is 1. The lowest BCUT2D eigenvalue weighted by Gasteiger charge is -2.20. The fourth-order valence-electron chi connectivity index (χ4n) is 3.88. The van der Waals surface area contributed by atoms with E-state index in [4.69, 9.17) is 4.74 Å². The van der Waals surface area contributed by atoms with E-state index in [1.165, 1.54) is 10.4 Å². The molecular weight excluding hydrogens is 424 g/mol. The molecular formula is C25H26N2O4S. The number of para-hydroxylation sites is 1. The summed E-state index contributed by atoms with van der Waals surface area (Å²) in [5, 5.41) is 2.90. The molecule has 1 heterocycles. The number of carbonyl (C=O) groups excluding carboxylic acids is 1. The van der Waals surface area contributed by atoms with Gasteiger partial charge in [-0.3, -0.25) is 9.10 Å².